The van der Waals surface area contributed by atoms with Crippen molar-refractivity contribution < 1.29 is 9.90 Å². The number of nitrogens with zero attached hydrogens (tertiary/aromatic N) is 4. The Bertz CT molecular complexity index is 936. The van der Waals surface area contributed by atoms with Crippen molar-refractivity contribution >= 4 is 6.03 Å². The number of hydrogen-bond acceptors (Lipinski definition) is 4. The second-order valence-electron chi connectivity index (χ2n) is 7.57. The molecule has 160 valence electrons. The van der Waals surface area contributed by atoms with Crippen molar-refractivity contribution in [2.45, 2.75) is 25.1 Å². The van der Waals surface area contributed by atoms with E-state index in [0.717, 1.165) is 11.1 Å². The highest BCUT2D eigenvalue weighted by Gasteiger charge is 2.39. The zero-order valence-corrected chi connectivity index (χ0v) is 17.6. The number of carbonyl (C=O) groups excluding carboxylic acids is 1. The van der Waals surface area contributed by atoms with Gasteiger partial charge in [0.25, 0.3) is 0 Å². The number of benzene rings is 2. The van der Waals surface area contributed by atoms with E-state index in [9.17, 15) is 9.90 Å². The Labute approximate surface area is 183 Å². The molecule has 1 N–H and O–H groups in total. The summed E-state index contributed by atoms with van der Waals surface area (Å²) in [6.07, 6.45) is 3.16. The molecule has 0 aromatic heterocycles. The van der Waals surface area contributed by atoms with E-state index >= 15 is 0 Å². The number of amides is 2. The molecule has 31 heavy (non-hydrogen) atoms. The number of aliphatic hydroxyl groups excluding tert-OH is 1. The molecule has 6 nitrogen and oxygen atoms in total. The van der Waals surface area contributed by atoms with Crippen molar-refractivity contribution in [1.82, 2.24) is 14.9 Å². The first-order chi connectivity index (χ1) is 15.1. The van der Waals surface area contributed by atoms with Crippen molar-refractivity contribution in [2.75, 3.05) is 19.6 Å². The number of rotatable bonds is 8. The highest BCUT2D eigenvalue weighted by molar-refractivity contribution is 5.75. The average Bonchev–Trinajstić information content (AvgIpc) is 2.87. The molecule has 0 aliphatic carbocycles. The molecule has 0 radical (unpaired) electrons. The molecule has 1 aliphatic heterocycles. The van der Waals surface area contributed by atoms with Crippen LogP contribution in [0.25, 0.3) is 0 Å². The summed E-state index contributed by atoms with van der Waals surface area (Å²) in [5.74, 6) is 0. The first-order valence-corrected chi connectivity index (χ1v) is 10.3. The lowest BCUT2D eigenvalue weighted by Crippen LogP contribution is -2.51. The molecular weight excluding hydrogens is 388 g/mol. The van der Waals surface area contributed by atoms with Gasteiger partial charge in [-0.15, -0.1) is 13.2 Å². The van der Waals surface area contributed by atoms with Crippen LogP contribution < -0.4 is 0 Å². The fourth-order valence-corrected chi connectivity index (χ4v) is 3.87. The number of urea groups is 1. The maximum Gasteiger partial charge on any atom is 0.335 e. The monoisotopic (exact) mass is 416 g/mol. The van der Waals surface area contributed by atoms with E-state index in [-0.39, 0.29) is 12.1 Å². The summed E-state index contributed by atoms with van der Waals surface area (Å²) in [5, 5.41) is 23.7. The molecule has 0 bridgehead atoms. The van der Waals surface area contributed by atoms with Gasteiger partial charge in [0, 0.05) is 19.6 Å². The first kappa shape index (κ1) is 22.3. The third kappa shape index (κ3) is 5.40. The third-order valence-corrected chi connectivity index (χ3v) is 5.41. The molecule has 1 saturated heterocycles. The molecule has 2 amide bonds. The summed E-state index contributed by atoms with van der Waals surface area (Å²) < 4.78 is 0. The highest BCUT2D eigenvalue weighted by Crippen LogP contribution is 2.23. The van der Waals surface area contributed by atoms with Gasteiger partial charge in [-0.25, -0.2) is 9.80 Å². The van der Waals surface area contributed by atoms with Crippen LogP contribution in [0.1, 0.15) is 16.7 Å². The van der Waals surface area contributed by atoms with Gasteiger partial charge in [0.1, 0.15) is 0 Å². The van der Waals surface area contributed by atoms with E-state index in [1.54, 1.807) is 34.2 Å². The normalized spacial score (nSPS) is 19.5. The van der Waals surface area contributed by atoms with E-state index in [0.29, 0.717) is 38.2 Å². The zero-order chi connectivity index (χ0) is 22.2. The van der Waals surface area contributed by atoms with Gasteiger partial charge in [0.05, 0.1) is 30.3 Å². The Morgan fingerprint density at radius 2 is 1.71 bits per heavy atom. The number of nitriles is 1. The quantitative estimate of drug-likeness (QED) is 0.670. The number of hydrazine groups is 1. The number of aliphatic hydroxyl groups is 1. The van der Waals surface area contributed by atoms with Gasteiger partial charge in [0.15, 0.2) is 0 Å². The van der Waals surface area contributed by atoms with E-state index in [1.165, 1.54) is 0 Å². The van der Waals surface area contributed by atoms with Crippen LogP contribution in [0.15, 0.2) is 79.9 Å². The van der Waals surface area contributed by atoms with E-state index in [4.69, 9.17) is 5.26 Å². The molecule has 3 rings (SSSR count). The molecular formula is C25H28N4O2. The average molecular weight is 417 g/mol. The Morgan fingerprint density at radius 1 is 1.03 bits per heavy atom. The predicted octanol–water partition coefficient (Wildman–Crippen LogP) is 3.36. The van der Waals surface area contributed by atoms with Crippen LogP contribution in [-0.2, 0) is 13.0 Å². The van der Waals surface area contributed by atoms with Gasteiger partial charge in [0.2, 0.25) is 0 Å². The lowest BCUT2D eigenvalue weighted by Gasteiger charge is -2.35. The molecule has 2 aromatic rings. The van der Waals surface area contributed by atoms with E-state index in [1.807, 2.05) is 47.5 Å². The van der Waals surface area contributed by atoms with Crippen LogP contribution in [0.2, 0.25) is 0 Å². The third-order valence-electron chi connectivity index (χ3n) is 5.41. The largest absolute Gasteiger partial charge is 0.390 e. The zero-order valence-electron chi connectivity index (χ0n) is 17.6. The van der Waals surface area contributed by atoms with Gasteiger partial charge in [-0.1, -0.05) is 54.6 Å². The fraction of sp³-hybridized carbons (Fsp3) is 0.280. The molecule has 0 unspecified atom stereocenters. The molecule has 6 heteroatoms. The molecule has 0 saturated carbocycles. The van der Waals surface area contributed by atoms with Crippen LogP contribution >= 0.6 is 0 Å². The molecule has 1 aliphatic rings. The summed E-state index contributed by atoms with van der Waals surface area (Å²) in [4.78, 5) is 15.2. The number of hydrogen-bond donors (Lipinski definition) is 1. The van der Waals surface area contributed by atoms with Crippen LogP contribution in [0, 0.1) is 11.3 Å². The minimum Gasteiger partial charge on any atom is -0.390 e. The molecule has 2 aromatic carbocycles. The van der Waals surface area contributed by atoms with Crippen LogP contribution in [0.5, 0.6) is 0 Å². The second-order valence-corrected chi connectivity index (χ2v) is 7.57. The van der Waals surface area contributed by atoms with Crippen LogP contribution in [0.3, 0.4) is 0 Å². The molecule has 0 spiro atoms. The summed E-state index contributed by atoms with van der Waals surface area (Å²) in [7, 11) is 0. The minimum atomic E-state index is -0.752. The van der Waals surface area contributed by atoms with Crippen molar-refractivity contribution in [3.8, 4) is 6.07 Å². The smallest absolute Gasteiger partial charge is 0.335 e. The van der Waals surface area contributed by atoms with Gasteiger partial charge in [-0.05, 0) is 29.7 Å². The lowest BCUT2D eigenvalue weighted by molar-refractivity contribution is -0.00832. The topological polar surface area (TPSA) is 70.8 Å². The van der Waals surface area contributed by atoms with Crippen molar-refractivity contribution in [2.24, 2.45) is 0 Å². The highest BCUT2D eigenvalue weighted by atomic mass is 16.3. The molecule has 2 atom stereocenters. The van der Waals surface area contributed by atoms with Crippen molar-refractivity contribution in [3.05, 3.63) is 96.6 Å². The molecule has 1 fully saturated rings. The maximum atomic E-state index is 13.5. The predicted molar refractivity (Wildman–Crippen MR) is 121 cm³/mol. The second kappa shape index (κ2) is 10.6. The van der Waals surface area contributed by atoms with E-state index in [2.05, 4.69) is 19.2 Å². The number of carbonyl (C=O) groups is 1. The minimum absolute atomic E-state index is 0.189. The SMILES string of the molecule is C=CCN1C(=O)N(CC=C)N(Cc2ccc(C#N)cc2)C[C@H](O)[C@@H]1Cc1ccccc1. The Balaban J connectivity index is 1.91. The first-order valence-electron chi connectivity index (χ1n) is 10.3. The van der Waals surface area contributed by atoms with Gasteiger partial charge in [-0.2, -0.15) is 5.26 Å². The Morgan fingerprint density at radius 3 is 2.32 bits per heavy atom. The number of β-amino-alcohol motifs (C(OH)–C–C–N with tert-alkyl or cyclic N) is 1. The Hall–Kier alpha value is -3.40. The summed E-state index contributed by atoms with van der Waals surface area (Å²) in [6.45, 7) is 9.00. The summed E-state index contributed by atoms with van der Waals surface area (Å²) >= 11 is 0. The maximum absolute atomic E-state index is 13.5. The lowest BCUT2D eigenvalue weighted by atomic mass is 9.99. The van der Waals surface area contributed by atoms with Crippen LogP contribution in [-0.4, -0.2) is 57.8 Å². The summed E-state index contributed by atoms with van der Waals surface area (Å²) in [6, 6.07) is 18.7. The van der Waals surface area contributed by atoms with Gasteiger partial charge < -0.3 is 10.0 Å². The molecule has 1 heterocycles. The van der Waals surface area contributed by atoms with Crippen LogP contribution in [0.4, 0.5) is 4.79 Å². The fourth-order valence-electron chi connectivity index (χ4n) is 3.87. The standard InChI is InChI=1S/C25H28N4O2/c1-3-14-28-23(16-20-8-6-5-7-9-20)24(30)19-27(29(15-4-2)25(28)31)18-22-12-10-21(17-26)11-13-22/h3-13,23-24,30H,1-2,14-16,18-19H2/t23-,24-/m0/s1. The Kier molecular flexibility index (Phi) is 7.60. The van der Waals surface area contributed by atoms with Crippen molar-refractivity contribution in [3.63, 3.8) is 0 Å². The summed E-state index contributed by atoms with van der Waals surface area (Å²) in [5.41, 5.74) is 2.59. The van der Waals surface area contributed by atoms with Crippen molar-refractivity contribution in [1.29, 1.82) is 5.26 Å². The van der Waals surface area contributed by atoms with E-state index < -0.39 is 6.10 Å². The van der Waals surface area contributed by atoms with Gasteiger partial charge >= 0.3 is 6.03 Å². The van der Waals surface area contributed by atoms with Gasteiger partial charge in [-0.3, -0.25) is 5.01 Å².